The van der Waals surface area contributed by atoms with E-state index in [4.69, 9.17) is 0 Å². The predicted octanol–water partition coefficient (Wildman–Crippen LogP) is 2.41. The third kappa shape index (κ3) is 4.34. The minimum Gasteiger partial charge on any atom is -0.365 e. The van der Waals surface area contributed by atoms with Crippen LogP contribution in [-0.2, 0) is 14.8 Å². The number of rotatable bonds is 5. The quantitative estimate of drug-likeness (QED) is 0.764. The van der Waals surface area contributed by atoms with Gasteiger partial charge < -0.3 is 9.80 Å². The van der Waals surface area contributed by atoms with Gasteiger partial charge in [0.15, 0.2) is 0 Å². The van der Waals surface area contributed by atoms with E-state index in [9.17, 15) is 13.2 Å². The lowest BCUT2D eigenvalue weighted by Crippen LogP contribution is -2.55. The zero-order valence-electron chi connectivity index (χ0n) is 15.8. The van der Waals surface area contributed by atoms with Crippen LogP contribution in [0.4, 0.5) is 5.69 Å². The van der Waals surface area contributed by atoms with Crippen molar-refractivity contribution in [3.63, 3.8) is 0 Å². The second-order valence-corrected chi connectivity index (χ2v) is 10.1. The number of likely N-dealkylation sites (N-methyl/N-ethyl adjacent to an activating group) is 1. The van der Waals surface area contributed by atoms with Gasteiger partial charge in [0.1, 0.15) is 4.21 Å². The number of anilines is 1. The van der Waals surface area contributed by atoms with Crippen molar-refractivity contribution in [2.24, 2.45) is 0 Å². The Morgan fingerprint density at radius 2 is 2.04 bits per heavy atom. The van der Waals surface area contributed by atoms with Crippen LogP contribution >= 0.6 is 11.3 Å². The van der Waals surface area contributed by atoms with Crippen LogP contribution < -0.4 is 4.90 Å². The molecule has 1 amide bonds. The smallest absolute Gasteiger partial charge is 0.252 e. The van der Waals surface area contributed by atoms with Crippen LogP contribution in [0.1, 0.15) is 12.5 Å². The number of sulfonamides is 1. The van der Waals surface area contributed by atoms with Gasteiger partial charge in [-0.25, -0.2) is 8.42 Å². The molecule has 1 unspecified atom stereocenters. The molecular weight excluding hydrogens is 382 g/mol. The highest BCUT2D eigenvalue weighted by atomic mass is 32.2. The number of benzene rings is 1. The normalized spacial score (nSPS) is 18.1. The van der Waals surface area contributed by atoms with Gasteiger partial charge in [0.2, 0.25) is 5.91 Å². The Morgan fingerprint density at radius 1 is 1.26 bits per heavy atom. The first-order chi connectivity index (χ1) is 12.8. The molecule has 1 saturated heterocycles. The van der Waals surface area contributed by atoms with Crippen LogP contribution in [0.15, 0.2) is 46.0 Å². The highest BCUT2D eigenvalue weighted by Crippen LogP contribution is 2.23. The van der Waals surface area contributed by atoms with Gasteiger partial charge in [-0.3, -0.25) is 4.79 Å². The van der Waals surface area contributed by atoms with E-state index in [1.807, 2.05) is 6.07 Å². The first kappa shape index (κ1) is 19.9. The molecule has 8 heteroatoms. The average molecular weight is 408 g/mol. The number of thiophene rings is 1. The van der Waals surface area contributed by atoms with E-state index in [0.29, 0.717) is 13.1 Å². The molecule has 1 aliphatic rings. The highest BCUT2D eigenvalue weighted by Gasteiger charge is 2.30. The molecule has 146 valence electrons. The average Bonchev–Trinajstić information content (AvgIpc) is 3.17. The molecule has 1 aliphatic heterocycles. The molecule has 27 heavy (non-hydrogen) atoms. The van der Waals surface area contributed by atoms with Gasteiger partial charge >= 0.3 is 0 Å². The predicted molar refractivity (Wildman–Crippen MR) is 109 cm³/mol. The van der Waals surface area contributed by atoms with Crippen LogP contribution in [0.25, 0.3) is 0 Å². The van der Waals surface area contributed by atoms with Crippen molar-refractivity contribution in [2.45, 2.75) is 24.1 Å². The van der Waals surface area contributed by atoms with Crippen molar-refractivity contribution in [3.8, 4) is 0 Å². The van der Waals surface area contributed by atoms with E-state index in [1.54, 1.807) is 22.4 Å². The third-order valence-corrected chi connectivity index (χ3v) is 8.01. The fourth-order valence-corrected chi connectivity index (χ4v) is 5.63. The van der Waals surface area contributed by atoms with Crippen molar-refractivity contribution in [1.82, 2.24) is 9.21 Å². The zero-order chi connectivity index (χ0) is 19.6. The molecule has 0 N–H and O–H groups in total. The van der Waals surface area contributed by atoms with E-state index >= 15 is 0 Å². The van der Waals surface area contributed by atoms with Crippen LogP contribution in [-0.4, -0.2) is 62.8 Å². The fourth-order valence-electron chi connectivity index (χ4n) is 3.31. The Kier molecular flexibility index (Phi) is 5.88. The van der Waals surface area contributed by atoms with Crippen molar-refractivity contribution >= 4 is 33.0 Å². The molecule has 0 aliphatic carbocycles. The van der Waals surface area contributed by atoms with Gasteiger partial charge in [-0.05, 0) is 43.0 Å². The summed E-state index contributed by atoms with van der Waals surface area (Å²) in [6, 6.07) is 11.8. The van der Waals surface area contributed by atoms with Crippen molar-refractivity contribution in [2.75, 3.05) is 38.1 Å². The number of carbonyl (C=O) groups is 1. The lowest BCUT2D eigenvalue weighted by molar-refractivity contribution is -0.131. The lowest BCUT2D eigenvalue weighted by atomic mass is 10.1. The first-order valence-corrected chi connectivity index (χ1v) is 11.2. The Labute approximate surface area is 165 Å². The van der Waals surface area contributed by atoms with E-state index in [-0.39, 0.29) is 22.7 Å². The maximum Gasteiger partial charge on any atom is 0.252 e. The molecule has 1 aromatic heterocycles. The van der Waals surface area contributed by atoms with Crippen LogP contribution in [0.5, 0.6) is 0 Å². The van der Waals surface area contributed by atoms with Crippen LogP contribution in [0, 0.1) is 6.92 Å². The summed E-state index contributed by atoms with van der Waals surface area (Å²) in [5, 5.41) is 1.72. The van der Waals surface area contributed by atoms with Crippen LogP contribution in [0.2, 0.25) is 0 Å². The van der Waals surface area contributed by atoms with Crippen molar-refractivity contribution in [1.29, 1.82) is 0 Å². The second kappa shape index (κ2) is 8.00. The maximum atomic E-state index is 12.7. The number of aryl methyl sites for hydroxylation is 1. The van der Waals surface area contributed by atoms with Gasteiger partial charge in [-0.15, -0.1) is 11.3 Å². The summed E-state index contributed by atoms with van der Waals surface area (Å²) < 4.78 is 26.4. The standard InChI is InChI=1S/C19H25N3O3S2/c1-15-6-4-7-17(12-15)22-10-9-21(13-16(22)2)18(23)14-20(3)27(24,25)19-8-5-11-26-19/h4-8,11-12,16H,9-10,13-14H2,1-3H3. The van der Waals surface area contributed by atoms with Gasteiger partial charge in [-0.2, -0.15) is 4.31 Å². The highest BCUT2D eigenvalue weighted by molar-refractivity contribution is 7.91. The Morgan fingerprint density at radius 3 is 2.67 bits per heavy atom. The SMILES string of the molecule is Cc1cccc(N2CCN(C(=O)CN(C)S(=O)(=O)c3cccs3)CC2C)c1. The molecule has 1 fully saturated rings. The number of amides is 1. The summed E-state index contributed by atoms with van der Waals surface area (Å²) in [4.78, 5) is 16.7. The number of hydrogen-bond donors (Lipinski definition) is 0. The van der Waals surface area contributed by atoms with Crippen molar-refractivity contribution < 1.29 is 13.2 Å². The third-order valence-electron chi connectivity index (χ3n) is 4.83. The Balaban J connectivity index is 1.62. The van der Waals surface area contributed by atoms with Crippen molar-refractivity contribution in [3.05, 3.63) is 47.3 Å². The van der Waals surface area contributed by atoms with E-state index in [1.165, 1.54) is 12.6 Å². The minimum absolute atomic E-state index is 0.141. The fraction of sp³-hybridized carbons (Fsp3) is 0.421. The van der Waals surface area contributed by atoms with Gasteiger partial charge in [0, 0.05) is 38.4 Å². The van der Waals surface area contributed by atoms with Gasteiger partial charge in [0.05, 0.1) is 6.54 Å². The topological polar surface area (TPSA) is 60.9 Å². The molecule has 3 rings (SSSR count). The summed E-state index contributed by atoms with van der Waals surface area (Å²) in [7, 11) is -2.15. The summed E-state index contributed by atoms with van der Waals surface area (Å²) in [6.07, 6.45) is 0. The van der Waals surface area contributed by atoms with Crippen LogP contribution in [0.3, 0.4) is 0 Å². The molecule has 6 nitrogen and oxygen atoms in total. The Bertz CT molecular complexity index is 897. The lowest BCUT2D eigenvalue weighted by Gasteiger charge is -2.41. The van der Waals surface area contributed by atoms with E-state index in [2.05, 4.69) is 36.9 Å². The monoisotopic (exact) mass is 407 g/mol. The summed E-state index contributed by atoms with van der Waals surface area (Å²) >= 11 is 1.16. The summed E-state index contributed by atoms with van der Waals surface area (Å²) in [5.41, 5.74) is 2.37. The molecule has 2 heterocycles. The molecule has 2 aromatic rings. The molecular formula is C19H25N3O3S2. The molecule has 0 bridgehead atoms. The molecule has 1 atom stereocenters. The number of piperazine rings is 1. The number of nitrogens with zero attached hydrogens (tertiary/aromatic N) is 3. The maximum absolute atomic E-state index is 12.7. The Hall–Kier alpha value is -1.90. The number of hydrogen-bond acceptors (Lipinski definition) is 5. The molecule has 0 saturated carbocycles. The minimum atomic E-state index is -3.61. The second-order valence-electron chi connectivity index (χ2n) is 6.91. The first-order valence-electron chi connectivity index (χ1n) is 8.90. The van der Waals surface area contributed by atoms with E-state index in [0.717, 1.165) is 27.9 Å². The largest absolute Gasteiger partial charge is 0.365 e. The zero-order valence-corrected chi connectivity index (χ0v) is 17.5. The molecule has 0 radical (unpaired) electrons. The van der Waals surface area contributed by atoms with E-state index < -0.39 is 10.0 Å². The number of carbonyl (C=O) groups excluding carboxylic acids is 1. The summed E-state index contributed by atoms with van der Waals surface area (Å²) in [5.74, 6) is -0.159. The summed E-state index contributed by atoms with van der Waals surface area (Å²) in [6.45, 7) is 5.92. The molecule has 1 aromatic carbocycles. The van der Waals surface area contributed by atoms with Gasteiger partial charge in [0.25, 0.3) is 10.0 Å². The molecule has 0 spiro atoms. The van der Waals surface area contributed by atoms with Gasteiger partial charge in [-0.1, -0.05) is 18.2 Å².